The van der Waals surface area contributed by atoms with Crippen LogP contribution in [0.1, 0.15) is 26.2 Å². The molecule has 4 heteroatoms. The highest BCUT2D eigenvalue weighted by Gasteiger charge is 2.34. The second-order valence-corrected chi connectivity index (χ2v) is 3.72. The fourth-order valence-corrected chi connectivity index (χ4v) is 2.18. The van der Waals surface area contributed by atoms with Gasteiger partial charge < -0.3 is 0 Å². The third kappa shape index (κ3) is 1.72. The lowest BCUT2D eigenvalue weighted by molar-refractivity contribution is -0.118. The van der Waals surface area contributed by atoms with E-state index in [-0.39, 0.29) is 5.91 Å². The molecule has 72 valence electrons. The van der Waals surface area contributed by atoms with Gasteiger partial charge in [-0.2, -0.15) is 5.10 Å². The Morgan fingerprint density at radius 3 is 3.23 bits per heavy atom. The van der Waals surface area contributed by atoms with Crippen LogP contribution in [-0.4, -0.2) is 35.7 Å². The Labute approximate surface area is 78.0 Å². The molecule has 1 atom stereocenters. The molecular formula is C9H15N3O. The van der Waals surface area contributed by atoms with Crippen molar-refractivity contribution in [3.8, 4) is 0 Å². The summed E-state index contributed by atoms with van der Waals surface area (Å²) in [4.78, 5) is 13.1. The smallest absolute Gasteiger partial charge is 0.236 e. The Hall–Kier alpha value is -0.900. The molecule has 4 nitrogen and oxygen atoms in total. The van der Waals surface area contributed by atoms with Crippen molar-refractivity contribution in [2.24, 2.45) is 5.10 Å². The molecule has 1 amide bonds. The third-order valence-corrected chi connectivity index (χ3v) is 2.76. The number of hydrazone groups is 1. The predicted molar refractivity (Wildman–Crippen MR) is 50.5 cm³/mol. The molecule has 2 heterocycles. The lowest BCUT2D eigenvalue weighted by Gasteiger charge is -2.12. The summed E-state index contributed by atoms with van der Waals surface area (Å²) < 4.78 is 0. The second kappa shape index (κ2) is 3.46. The molecule has 2 rings (SSSR count). The maximum absolute atomic E-state index is 10.7. The summed E-state index contributed by atoms with van der Waals surface area (Å²) in [7, 11) is 0. The number of carbonyl (C=O) groups excluding carboxylic acids is 1. The zero-order valence-corrected chi connectivity index (χ0v) is 7.92. The number of nitrogens with zero attached hydrogens (tertiary/aromatic N) is 2. The SMILES string of the molecule is CC(=O)N/N=C1/CCN2CCCC12. The van der Waals surface area contributed by atoms with Crippen LogP contribution in [0.25, 0.3) is 0 Å². The number of rotatable bonds is 1. The van der Waals surface area contributed by atoms with Crippen molar-refractivity contribution in [3.05, 3.63) is 0 Å². The fraction of sp³-hybridized carbons (Fsp3) is 0.778. The van der Waals surface area contributed by atoms with Crippen LogP contribution in [0, 0.1) is 0 Å². The van der Waals surface area contributed by atoms with Gasteiger partial charge in [-0.05, 0) is 19.4 Å². The van der Waals surface area contributed by atoms with Gasteiger partial charge in [0, 0.05) is 25.9 Å². The molecule has 2 fully saturated rings. The average Bonchev–Trinajstić information content (AvgIpc) is 2.60. The molecule has 2 aliphatic rings. The van der Waals surface area contributed by atoms with E-state index in [1.54, 1.807) is 0 Å². The van der Waals surface area contributed by atoms with Gasteiger partial charge in [-0.15, -0.1) is 0 Å². The Kier molecular flexibility index (Phi) is 2.31. The molecule has 13 heavy (non-hydrogen) atoms. The van der Waals surface area contributed by atoms with Gasteiger partial charge >= 0.3 is 0 Å². The molecular weight excluding hydrogens is 166 g/mol. The Balaban J connectivity index is 2.00. The van der Waals surface area contributed by atoms with Gasteiger partial charge in [0.15, 0.2) is 0 Å². The number of carbonyl (C=O) groups is 1. The first-order valence-corrected chi connectivity index (χ1v) is 4.84. The Morgan fingerprint density at radius 1 is 1.62 bits per heavy atom. The van der Waals surface area contributed by atoms with E-state index in [0.717, 1.165) is 18.7 Å². The number of fused-ring (bicyclic) bond motifs is 1. The molecule has 0 saturated carbocycles. The zero-order valence-electron chi connectivity index (χ0n) is 7.92. The molecule has 0 aromatic carbocycles. The number of nitrogens with one attached hydrogen (secondary N) is 1. The highest BCUT2D eigenvalue weighted by molar-refractivity contribution is 5.92. The lowest BCUT2D eigenvalue weighted by Crippen LogP contribution is -2.27. The van der Waals surface area contributed by atoms with Crippen LogP contribution < -0.4 is 5.43 Å². The van der Waals surface area contributed by atoms with Crippen LogP contribution in [0.3, 0.4) is 0 Å². The summed E-state index contributed by atoms with van der Waals surface area (Å²) in [5.74, 6) is -0.0797. The van der Waals surface area contributed by atoms with Crippen molar-refractivity contribution < 1.29 is 4.79 Å². The predicted octanol–water partition coefficient (Wildman–Crippen LogP) is 0.347. The van der Waals surface area contributed by atoms with Crippen LogP contribution in [0.15, 0.2) is 5.10 Å². The lowest BCUT2D eigenvalue weighted by atomic mass is 10.1. The van der Waals surface area contributed by atoms with Crippen molar-refractivity contribution in [1.82, 2.24) is 10.3 Å². The van der Waals surface area contributed by atoms with Crippen LogP contribution in [0.2, 0.25) is 0 Å². The van der Waals surface area contributed by atoms with Crippen molar-refractivity contribution in [2.45, 2.75) is 32.2 Å². The van der Waals surface area contributed by atoms with Gasteiger partial charge in [0.2, 0.25) is 5.91 Å². The van der Waals surface area contributed by atoms with E-state index in [0.29, 0.717) is 6.04 Å². The monoisotopic (exact) mass is 181 g/mol. The molecule has 1 N–H and O–H groups in total. The number of hydrogen-bond donors (Lipinski definition) is 1. The highest BCUT2D eigenvalue weighted by Crippen LogP contribution is 2.25. The molecule has 2 aliphatic heterocycles. The first kappa shape index (κ1) is 8.69. The Morgan fingerprint density at radius 2 is 2.46 bits per heavy atom. The van der Waals surface area contributed by atoms with Gasteiger partial charge in [-0.3, -0.25) is 9.69 Å². The minimum atomic E-state index is -0.0797. The first-order valence-electron chi connectivity index (χ1n) is 4.84. The topological polar surface area (TPSA) is 44.7 Å². The van der Waals surface area contributed by atoms with E-state index in [2.05, 4.69) is 15.4 Å². The van der Waals surface area contributed by atoms with Crippen molar-refractivity contribution >= 4 is 11.6 Å². The highest BCUT2D eigenvalue weighted by atomic mass is 16.2. The van der Waals surface area contributed by atoms with Gasteiger partial charge in [0.25, 0.3) is 0 Å². The minimum absolute atomic E-state index is 0.0797. The average molecular weight is 181 g/mol. The normalized spacial score (nSPS) is 30.8. The Bertz CT molecular complexity index is 249. The first-order chi connectivity index (χ1) is 6.27. The van der Waals surface area contributed by atoms with E-state index < -0.39 is 0 Å². The van der Waals surface area contributed by atoms with Crippen LogP contribution in [0.4, 0.5) is 0 Å². The maximum atomic E-state index is 10.7. The van der Waals surface area contributed by atoms with Gasteiger partial charge in [0.05, 0.1) is 5.71 Å². The summed E-state index contributed by atoms with van der Waals surface area (Å²) in [6.45, 7) is 3.80. The fourth-order valence-electron chi connectivity index (χ4n) is 2.18. The van der Waals surface area contributed by atoms with Crippen molar-refractivity contribution in [1.29, 1.82) is 0 Å². The second-order valence-electron chi connectivity index (χ2n) is 3.72. The number of hydrogen-bond acceptors (Lipinski definition) is 3. The largest absolute Gasteiger partial charge is 0.295 e. The molecule has 0 radical (unpaired) electrons. The van der Waals surface area contributed by atoms with Crippen LogP contribution >= 0.6 is 0 Å². The van der Waals surface area contributed by atoms with Gasteiger partial charge in [0.1, 0.15) is 0 Å². The summed E-state index contributed by atoms with van der Waals surface area (Å²) in [6.07, 6.45) is 3.49. The zero-order chi connectivity index (χ0) is 9.26. The maximum Gasteiger partial charge on any atom is 0.236 e. The van der Waals surface area contributed by atoms with Crippen molar-refractivity contribution in [2.75, 3.05) is 13.1 Å². The quantitative estimate of drug-likeness (QED) is 0.593. The third-order valence-electron chi connectivity index (χ3n) is 2.76. The summed E-state index contributed by atoms with van der Waals surface area (Å²) in [5, 5.41) is 4.14. The molecule has 2 saturated heterocycles. The standard InChI is InChI=1S/C9H15N3O/c1-7(13)10-11-8-4-6-12-5-2-3-9(8)12/h9H,2-6H2,1H3,(H,10,13)/b11-8-. The molecule has 0 aromatic heterocycles. The van der Waals surface area contributed by atoms with E-state index >= 15 is 0 Å². The molecule has 0 spiro atoms. The molecule has 0 aromatic rings. The molecule has 0 bridgehead atoms. The van der Waals surface area contributed by atoms with E-state index in [1.807, 2.05) is 0 Å². The van der Waals surface area contributed by atoms with E-state index in [4.69, 9.17) is 0 Å². The van der Waals surface area contributed by atoms with Gasteiger partial charge in [-0.25, -0.2) is 5.43 Å². The molecule has 0 aliphatic carbocycles. The van der Waals surface area contributed by atoms with Gasteiger partial charge in [-0.1, -0.05) is 0 Å². The van der Waals surface area contributed by atoms with E-state index in [9.17, 15) is 4.79 Å². The van der Waals surface area contributed by atoms with Crippen LogP contribution in [-0.2, 0) is 4.79 Å². The van der Waals surface area contributed by atoms with E-state index in [1.165, 1.54) is 26.3 Å². The summed E-state index contributed by atoms with van der Waals surface area (Å²) in [6, 6.07) is 0.520. The number of amides is 1. The molecule has 1 unspecified atom stereocenters. The van der Waals surface area contributed by atoms with Crippen LogP contribution in [0.5, 0.6) is 0 Å². The van der Waals surface area contributed by atoms with Crippen molar-refractivity contribution in [3.63, 3.8) is 0 Å². The minimum Gasteiger partial charge on any atom is -0.295 e. The summed E-state index contributed by atoms with van der Waals surface area (Å²) >= 11 is 0. The summed E-state index contributed by atoms with van der Waals surface area (Å²) in [5.41, 5.74) is 3.68.